The summed E-state index contributed by atoms with van der Waals surface area (Å²) in [6.45, 7) is 7.90. The van der Waals surface area contributed by atoms with E-state index in [1.807, 2.05) is 30.3 Å². The Kier molecular flexibility index (Phi) is 7.54. The molecule has 4 heteroatoms. The maximum Gasteiger partial charge on any atom is 0.0998 e. The lowest BCUT2D eigenvalue weighted by Gasteiger charge is -2.36. The molecule has 0 atom stereocenters. The van der Waals surface area contributed by atoms with Gasteiger partial charge in [0.25, 0.3) is 0 Å². The molecule has 0 amide bonds. The molecular formula is C24H28ClN3. The van der Waals surface area contributed by atoms with E-state index >= 15 is 0 Å². The van der Waals surface area contributed by atoms with E-state index in [2.05, 4.69) is 47.1 Å². The second-order valence-corrected chi connectivity index (χ2v) is 7.68. The SMILES string of the molecule is CCCCCN1CCN(c2ccc(C=C(C#N)c3ccccc3Cl)cc2)CC1. The Morgan fingerprint density at radius 2 is 1.75 bits per heavy atom. The molecule has 28 heavy (non-hydrogen) atoms. The number of hydrogen-bond acceptors (Lipinski definition) is 3. The Balaban J connectivity index is 1.63. The normalized spacial score (nSPS) is 15.5. The zero-order valence-electron chi connectivity index (χ0n) is 16.6. The van der Waals surface area contributed by atoms with Crippen molar-refractivity contribution >= 4 is 28.9 Å². The first-order valence-corrected chi connectivity index (χ1v) is 10.5. The molecule has 0 aromatic heterocycles. The summed E-state index contributed by atoms with van der Waals surface area (Å²) in [5.41, 5.74) is 3.62. The van der Waals surface area contributed by atoms with Crippen LogP contribution in [-0.2, 0) is 0 Å². The Morgan fingerprint density at radius 3 is 2.39 bits per heavy atom. The number of allylic oxidation sites excluding steroid dienone is 1. The first kappa shape index (κ1) is 20.5. The smallest absolute Gasteiger partial charge is 0.0998 e. The summed E-state index contributed by atoms with van der Waals surface area (Å²) in [5.74, 6) is 0. The monoisotopic (exact) mass is 393 g/mol. The van der Waals surface area contributed by atoms with Crippen LogP contribution in [0.4, 0.5) is 5.69 Å². The number of unbranched alkanes of at least 4 members (excludes halogenated alkanes) is 2. The molecule has 0 bridgehead atoms. The van der Waals surface area contributed by atoms with E-state index in [1.54, 1.807) is 0 Å². The quantitative estimate of drug-likeness (QED) is 0.342. The van der Waals surface area contributed by atoms with E-state index in [-0.39, 0.29) is 0 Å². The van der Waals surface area contributed by atoms with Crippen molar-refractivity contribution in [2.24, 2.45) is 0 Å². The number of nitriles is 1. The Morgan fingerprint density at radius 1 is 1.04 bits per heavy atom. The number of nitrogens with zero attached hydrogens (tertiary/aromatic N) is 3. The molecule has 0 spiro atoms. The molecule has 0 N–H and O–H groups in total. The molecule has 146 valence electrons. The van der Waals surface area contributed by atoms with Crippen LogP contribution in [0, 0.1) is 11.3 Å². The molecule has 1 aliphatic rings. The van der Waals surface area contributed by atoms with Crippen molar-refractivity contribution in [3.63, 3.8) is 0 Å². The molecule has 0 radical (unpaired) electrons. The molecule has 1 heterocycles. The van der Waals surface area contributed by atoms with Gasteiger partial charge in [0.1, 0.15) is 0 Å². The summed E-state index contributed by atoms with van der Waals surface area (Å²) in [4.78, 5) is 5.02. The van der Waals surface area contributed by atoms with Gasteiger partial charge in [0.2, 0.25) is 0 Å². The number of halogens is 1. The third-order valence-electron chi connectivity index (χ3n) is 5.30. The van der Waals surface area contributed by atoms with Gasteiger partial charge in [0.15, 0.2) is 0 Å². The topological polar surface area (TPSA) is 30.3 Å². The minimum absolute atomic E-state index is 0.582. The van der Waals surface area contributed by atoms with Gasteiger partial charge in [-0.1, -0.05) is 61.7 Å². The highest BCUT2D eigenvalue weighted by molar-refractivity contribution is 6.32. The predicted octanol–water partition coefficient (Wildman–Crippen LogP) is 5.72. The Bertz CT molecular complexity index is 828. The number of piperazine rings is 1. The molecule has 0 aliphatic carbocycles. The Hall–Kier alpha value is -2.28. The minimum atomic E-state index is 0.582. The van der Waals surface area contributed by atoms with Gasteiger partial charge in [-0.05, 0) is 42.8 Å². The van der Waals surface area contributed by atoms with Gasteiger partial charge in [0, 0.05) is 42.5 Å². The third kappa shape index (κ3) is 5.38. The molecule has 0 unspecified atom stereocenters. The lowest BCUT2D eigenvalue weighted by atomic mass is 10.0. The van der Waals surface area contributed by atoms with Crippen LogP contribution in [-0.4, -0.2) is 37.6 Å². The van der Waals surface area contributed by atoms with E-state index < -0.39 is 0 Å². The highest BCUT2D eigenvalue weighted by Gasteiger charge is 2.16. The van der Waals surface area contributed by atoms with Crippen LogP contribution in [0.5, 0.6) is 0 Å². The molecule has 1 aliphatic heterocycles. The average Bonchev–Trinajstić information content (AvgIpc) is 2.74. The van der Waals surface area contributed by atoms with Crippen molar-refractivity contribution in [3.05, 3.63) is 64.7 Å². The molecule has 0 saturated carbocycles. The Labute approximate surface area is 173 Å². The van der Waals surface area contributed by atoms with Crippen LogP contribution in [0.2, 0.25) is 5.02 Å². The van der Waals surface area contributed by atoms with Crippen molar-refractivity contribution in [1.82, 2.24) is 4.90 Å². The van der Waals surface area contributed by atoms with Crippen molar-refractivity contribution in [1.29, 1.82) is 5.26 Å². The van der Waals surface area contributed by atoms with Crippen LogP contribution in [0.1, 0.15) is 37.3 Å². The van der Waals surface area contributed by atoms with Crippen LogP contribution < -0.4 is 4.90 Å². The van der Waals surface area contributed by atoms with Gasteiger partial charge < -0.3 is 4.90 Å². The van der Waals surface area contributed by atoms with Crippen molar-refractivity contribution in [3.8, 4) is 6.07 Å². The van der Waals surface area contributed by atoms with E-state index in [1.165, 1.54) is 31.5 Å². The molecule has 3 rings (SSSR count). The fourth-order valence-corrected chi connectivity index (χ4v) is 3.85. The van der Waals surface area contributed by atoms with Crippen LogP contribution in [0.3, 0.4) is 0 Å². The second kappa shape index (κ2) is 10.3. The van der Waals surface area contributed by atoms with Gasteiger partial charge in [-0.25, -0.2) is 0 Å². The average molecular weight is 394 g/mol. The first-order valence-electron chi connectivity index (χ1n) is 10.2. The van der Waals surface area contributed by atoms with Gasteiger partial charge in [0.05, 0.1) is 11.6 Å². The number of anilines is 1. The van der Waals surface area contributed by atoms with Crippen LogP contribution in [0.15, 0.2) is 48.5 Å². The number of hydrogen-bond donors (Lipinski definition) is 0. The molecule has 1 fully saturated rings. The van der Waals surface area contributed by atoms with Gasteiger partial charge >= 0.3 is 0 Å². The van der Waals surface area contributed by atoms with Crippen LogP contribution in [0.25, 0.3) is 11.6 Å². The number of rotatable bonds is 7. The fraction of sp³-hybridized carbons (Fsp3) is 0.375. The summed E-state index contributed by atoms with van der Waals surface area (Å²) in [6, 6.07) is 18.2. The van der Waals surface area contributed by atoms with Crippen LogP contribution >= 0.6 is 11.6 Å². The summed E-state index contributed by atoms with van der Waals surface area (Å²) in [7, 11) is 0. The van der Waals surface area contributed by atoms with Crippen molar-refractivity contribution in [2.45, 2.75) is 26.2 Å². The maximum atomic E-state index is 9.54. The van der Waals surface area contributed by atoms with E-state index in [0.717, 1.165) is 37.3 Å². The van der Waals surface area contributed by atoms with Gasteiger partial charge in [-0.2, -0.15) is 5.26 Å². The minimum Gasteiger partial charge on any atom is -0.369 e. The van der Waals surface area contributed by atoms with Gasteiger partial charge in [-0.3, -0.25) is 4.90 Å². The predicted molar refractivity (Wildman–Crippen MR) is 120 cm³/mol. The van der Waals surface area contributed by atoms with Crippen molar-refractivity contribution in [2.75, 3.05) is 37.6 Å². The lowest BCUT2D eigenvalue weighted by Crippen LogP contribution is -2.46. The maximum absolute atomic E-state index is 9.54. The zero-order valence-corrected chi connectivity index (χ0v) is 17.3. The highest BCUT2D eigenvalue weighted by Crippen LogP contribution is 2.26. The summed E-state index contributed by atoms with van der Waals surface area (Å²) in [6.07, 6.45) is 5.82. The summed E-state index contributed by atoms with van der Waals surface area (Å²) >= 11 is 6.24. The summed E-state index contributed by atoms with van der Waals surface area (Å²) in [5, 5.41) is 10.1. The number of benzene rings is 2. The zero-order chi connectivity index (χ0) is 19.8. The molecule has 3 nitrogen and oxygen atoms in total. The standard InChI is InChI=1S/C24H28ClN3/c1-2-3-6-13-27-14-16-28(17-15-27)22-11-9-20(10-12-22)18-21(19-26)23-7-4-5-8-24(23)25/h4-5,7-12,18H,2-3,6,13-17H2,1H3. The summed E-state index contributed by atoms with van der Waals surface area (Å²) < 4.78 is 0. The second-order valence-electron chi connectivity index (χ2n) is 7.28. The first-order chi connectivity index (χ1) is 13.7. The molecular weight excluding hydrogens is 366 g/mol. The molecule has 2 aromatic rings. The fourth-order valence-electron chi connectivity index (χ4n) is 3.61. The van der Waals surface area contributed by atoms with E-state index in [9.17, 15) is 5.26 Å². The highest BCUT2D eigenvalue weighted by atomic mass is 35.5. The van der Waals surface area contributed by atoms with Gasteiger partial charge in [-0.15, -0.1) is 0 Å². The molecule has 1 saturated heterocycles. The van der Waals surface area contributed by atoms with E-state index in [4.69, 9.17) is 11.6 Å². The lowest BCUT2D eigenvalue weighted by molar-refractivity contribution is 0.252. The van der Waals surface area contributed by atoms with Crippen molar-refractivity contribution < 1.29 is 0 Å². The van der Waals surface area contributed by atoms with E-state index in [0.29, 0.717) is 10.6 Å². The molecule has 2 aromatic carbocycles. The third-order valence-corrected chi connectivity index (χ3v) is 5.63. The largest absolute Gasteiger partial charge is 0.369 e.